The van der Waals surface area contributed by atoms with Crippen LogP contribution in [0.4, 0.5) is 0 Å². The largest absolute Gasteiger partial charge is 0.277 e. The average Bonchev–Trinajstić information content (AvgIpc) is 3.25. The van der Waals surface area contributed by atoms with Gasteiger partial charge in [0, 0.05) is 10.6 Å². The Morgan fingerprint density at radius 1 is 0.870 bits per heavy atom. The predicted octanol–water partition coefficient (Wildman–Crippen LogP) is 2.56. The van der Waals surface area contributed by atoms with Gasteiger partial charge in [-0.15, -0.1) is 0 Å². The third kappa shape index (κ3) is 2.47. The van der Waals surface area contributed by atoms with Crippen LogP contribution in [0.2, 0.25) is 5.02 Å². The summed E-state index contributed by atoms with van der Waals surface area (Å²) in [6.07, 6.45) is 1.47. The molecular weight excluding hydrogens is 314 g/mol. The number of halogens is 1. The van der Waals surface area contributed by atoms with Gasteiger partial charge in [-0.05, 0) is 46.8 Å². The topological polar surface area (TPSA) is 74.3 Å². The maximum Gasteiger partial charge on any atom is 0.277 e. The highest BCUT2D eigenvalue weighted by Crippen LogP contribution is 2.21. The first-order valence-corrected chi connectivity index (χ1v) is 7.21. The zero-order chi connectivity index (χ0) is 15.6. The fraction of sp³-hybridized carbons (Fsp3) is 0. The highest BCUT2D eigenvalue weighted by molar-refractivity contribution is 6.30. The molecule has 0 aliphatic rings. The monoisotopic (exact) mass is 323 g/mol. The number of rotatable bonds is 3. The van der Waals surface area contributed by atoms with Crippen LogP contribution in [-0.4, -0.2) is 35.0 Å². The Labute approximate surface area is 136 Å². The molecule has 0 unspecified atom stereocenters. The molecule has 0 saturated heterocycles. The van der Waals surface area contributed by atoms with Crippen LogP contribution >= 0.6 is 11.6 Å². The van der Waals surface area contributed by atoms with Crippen molar-refractivity contribution in [2.24, 2.45) is 0 Å². The number of hydrogen-bond acceptors (Lipinski definition) is 5. The van der Waals surface area contributed by atoms with Crippen LogP contribution in [0.25, 0.3) is 23.0 Å². The lowest BCUT2D eigenvalue weighted by molar-refractivity contribution is 0.743. The summed E-state index contributed by atoms with van der Waals surface area (Å²) in [5.41, 5.74) is 1.71. The van der Waals surface area contributed by atoms with Gasteiger partial charge in [-0.3, -0.25) is 0 Å². The van der Waals surface area contributed by atoms with Crippen LogP contribution in [0.1, 0.15) is 0 Å². The maximum atomic E-state index is 5.94. The van der Waals surface area contributed by atoms with Crippen molar-refractivity contribution >= 4 is 11.6 Å². The number of nitrogens with zero attached hydrogens (tertiary/aromatic N) is 7. The number of aromatic nitrogens is 7. The number of tetrazole rings is 1. The van der Waals surface area contributed by atoms with E-state index in [1.54, 1.807) is 21.5 Å². The molecule has 4 aromatic rings. The molecule has 0 bridgehead atoms. The summed E-state index contributed by atoms with van der Waals surface area (Å²) in [7, 11) is 0. The van der Waals surface area contributed by atoms with Gasteiger partial charge in [-0.1, -0.05) is 34.9 Å². The van der Waals surface area contributed by atoms with E-state index in [1.165, 1.54) is 6.33 Å². The van der Waals surface area contributed by atoms with Gasteiger partial charge in [0.2, 0.25) is 0 Å². The lowest BCUT2D eigenvalue weighted by atomic mass is 10.2. The predicted molar refractivity (Wildman–Crippen MR) is 84.5 cm³/mol. The molecule has 2 heterocycles. The Balaban J connectivity index is 1.84. The third-order valence-electron chi connectivity index (χ3n) is 3.29. The minimum absolute atomic E-state index is 0.457. The van der Waals surface area contributed by atoms with Crippen LogP contribution in [-0.2, 0) is 0 Å². The molecule has 2 aromatic carbocycles. The maximum absolute atomic E-state index is 5.94. The van der Waals surface area contributed by atoms with E-state index >= 15 is 0 Å². The van der Waals surface area contributed by atoms with Gasteiger partial charge in [0.25, 0.3) is 5.95 Å². The standard InChI is InChI=1S/C15H10ClN7/c16-12-8-6-11(7-9-12)14-17-10-18-23(14)15-19-20-21-22(15)13-4-2-1-3-5-13/h1-10H. The smallest absolute Gasteiger partial charge is 0.215 e. The van der Waals surface area contributed by atoms with Gasteiger partial charge in [-0.2, -0.15) is 14.5 Å². The molecule has 0 radical (unpaired) electrons. The first kappa shape index (κ1) is 13.6. The molecule has 4 rings (SSSR count). The summed E-state index contributed by atoms with van der Waals surface area (Å²) in [6.45, 7) is 0. The summed E-state index contributed by atoms with van der Waals surface area (Å²) in [5, 5.41) is 16.8. The fourth-order valence-corrected chi connectivity index (χ4v) is 2.36. The van der Waals surface area contributed by atoms with Gasteiger partial charge in [0.05, 0.1) is 5.69 Å². The van der Waals surface area contributed by atoms with Gasteiger partial charge in [0.1, 0.15) is 6.33 Å². The molecule has 0 atom stereocenters. The first-order valence-electron chi connectivity index (χ1n) is 6.83. The van der Waals surface area contributed by atoms with Crippen molar-refractivity contribution in [2.75, 3.05) is 0 Å². The van der Waals surface area contributed by atoms with E-state index in [-0.39, 0.29) is 0 Å². The van der Waals surface area contributed by atoms with Gasteiger partial charge >= 0.3 is 0 Å². The van der Waals surface area contributed by atoms with Crippen LogP contribution in [0.5, 0.6) is 0 Å². The van der Waals surface area contributed by atoms with Crippen molar-refractivity contribution < 1.29 is 0 Å². The number of benzene rings is 2. The van der Waals surface area contributed by atoms with Crippen molar-refractivity contribution in [1.29, 1.82) is 0 Å². The molecular formula is C15H10ClN7. The Morgan fingerprint density at radius 3 is 2.43 bits per heavy atom. The summed E-state index contributed by atoms with van der Waals surface area (Å²) >= 11 is 5.94. The summed E-state index contributed by atoms with van der Waals surface area (Å²) in [4.78, 5) is 4.31. The second-order valence-electron chi connectivity index (χ2n) is 4.73. The van der Waals surface area contributed by atoms with Crippen LogP contribution < -0.4 is 0 Å². The van der Waals surface area contributed by atoms with Crippen molar-refractivity contribution in [3.8, 4) is 23.0 Å². The fourth-order valence-electron chi connectivity index (χ4n) is 2.23. The zero-order valence-electron chi connectivity index (χ0n) is 11.8. The lowest BCUT2D eigenvalue weighted by Crippen LogP contribution is -2.09. The molecule has 7 nitrogen and oxygen atoms in total. The van der Waals surface area contributed by atoms with Gasteiger partial charge < -0.3 is 0 Å². The molecule has 112 valence electrons. The van der Waals surface area contributed by atoms with E-state index in [0.717, 1.165) is 11.3 Å². The van der Waals surface area contributed by atoms with Crippen molar-refractivity contribution in [3.63, 3.8) is 0 Å². The molecule has 0 aliphatic carbocycles. The van der Waals surface area contributed by atoms with E-state index < -0.39 is 0 Å². The molecule has 0 spiro atoms. The molecule has 0 fully saturated rings. The zero-order valence-corrected chi connectivity index (χ0v) is 12.5. The number of para-hydroxylation sites is 1. The molecule has 2 aromatic heterocycles. The Kier molecular flexibility index (Phi) is 3.32. The Bertz CT molecular complexity index is 928. The summed E-state index contributed by atoms with van der Waals surface area (Å²) in [5.74, 6) is 1.09. The Hall–Kier alpha value is -3.06. The van der Waals surface area contributed by atoms with Crippen LogP contribution in [0, 0.1) is 0 Å². The molecule has 23 heavy (non-hydrogen) atoms. The van der Waals surface area contributed by atoms with Crippen LogP contribution in [0.15, 0.2) is 60.9 Å². The molecule has 0 aliphatic heterocycles. The highest BCUT2D eigenvalue weighted by Gasteiger charge is 2.16. The molecule has 0 amide bonds. The van der Waals surface area contributed by atoms with E-state index in [9.17, 15) is 0 Å². The van der Waals surface area contributed by atoms with E-state index in [2.05, 4.69) is 25.6 Å². The van der Waals surface area contributed by atoms with E-state index in [0.29, 0.717) is 16.8 Å². The molecule has 8 heteroatoms. The van der Waals surface area contributed by atoms with Gasteiger partial charge in [-0.25, -0.2) is 4.98 Å². The second kappa shape index (κ2) is 5.62. The molecule has 0 N–H and O–H groups in total. The number of hydrogen-bond donors (Lipinski definition) is 0. The van der Waals surface area contributed by atoms with Gasteiger partial charge in [0.15, 0.2) is 5.82 Å². The normalized spacial score (nSPS) is 10.8. The summed E-state index contributed by atoms with van der Waals surface area (Å²) in [6, 6.07) is 17.0. The van der Waals surface area contributed by atoms with E-state index in [1.807, 2.05) is 42.5 Å². The highest BCUT2D eigenvalue weighted by atomic mass is 35.5. The molecule has 0 saturated carbocycles. The van der Waals surface area contributed by atoms with Crippen molar-refractivity contribution in [3.05, 3.63) is 65.9 Å². The van der Waals surface area contributed by atoms with E-state index in [4.69, 9.17) is 11.6 Å². The minimum atomic E-state index is 0.457. The first-order chi connectivity index (χ1) is 11.3. The third-order valence-corrected chi connectivity index (χ3v) is 3.55. The SMILES string of the molecule is Clc1ccc(-c2ncnn2-c2nnnn2-c2ccccc2)cc1. The summed E-state index contributed by atoms with van der Waals surface area (Å²) < 4.78 is 3.20. The quantitative estimate of drug-likeness (QED) is 0.579. The Morgan fingerprint density at radius 2 is 1.65 bits per heavy atom. The van der Waals surface area contributed by atoms with Crippen molar-refractivity contribution in [2.45, 2.75) is 0 Å². The minimum Gasteiger partial charge on any atom is -0.215 e. The lowest BCUT2D eigenvalue weighted by Gasteiger charge is -2.06. The average molecular weight is 324 g/mol. The van der Waals surface area contributed by atoms with Crippen LogP contribution in [0.3, 0.4) is 0 Å². The van der Waals surface area contributed by atoms with Crippen molar-refractivity contribution in [1.82, 2.24) is 35.0 Å². The second-order valence-corrected chi connectivity index (χ2v) is 5.17.